The Balaban J connectivity index is 1.28. The largest absolute Gasteiger partial charge is 0.385 e. The first-order chi connectivity index (χ1) is 18.4. The third-order valence-electron chi connectivity index (χ3n) is 9.13. The molecular formula is C34H42N2O2. The molecule has 200 valence electrons. The molecule has 2 fully saturated rings. The Morgan fingerprint density at radius 3 is 2.18 bits per heavy atom. The number of aliphatic hydroxyl groups is 1. The Hall–Kier alpha value is -2.95. The molecule has 1 amide bonds. The van der Waals surface area contributed by atoms with E-state index in [1.807, 2.05) is 48.5 Å². The summed E-state index contributed by atoms with van der Waals surface area (Å²) in [7, 11) is 0. The fourth-order valence-corrected chi connectivity index (χ4v) is 6.55. The molecule has 3 aromatic rings. The zero-order valence-corrected chi connectivity index (χ0v) is 23.0. The number of likely N-dealkylation sites (tertiary alicyclic amines) is 2. The van der Waals surface area contributed by atoms with Gasteiger partial charge in [-0.1, -0.05) is 66.7 Å². The number of nitrogens with zero attached hydrogens (tertiary/aromatic N) is 2. The predicted molar refractivity (Wildman–Crippen MR) is 154 cm³/mol. The summed E-state index contributed by atoms with van der Waals surface area (Å²) in [6, 6.07) is 26.8. The molecule has 1 atom stereocenters. The minimum absolute atomic E-state index is 0.0261. The van der Waals surface area contributed by atoms with Crippen LogP contribution in [0.5, 0.6) is 0 Å². The van der Waals surface area contributed by atoms with Gasteiger partial charge >= 0.3 is 0 Å². The molecule has 2 aliphatic rings. The number of carbonyl (C=O) groups excluding carboxylic acids is 1. The Morgan fingerprint density at radius 2 is 1.50 bits per heavy atom. The Kier molecular flexibility index (Phi) is 8.01. The van der Waals surface area contributed by atoms with Crippen LogP contribution in [-0.2, 0) is 11.0 Å². The van der Waals surface area contributed by atoms with Gasteiger partial charge in [0, 0.05) is 37.2 Å². The lowest BCUT2D eigenvalue weighted by atomic mass is 9.70. The van der Waals surface area contributed by atoms with Crippen LogP contribution in [0.15, 0.2) is 78.9 Å². The van der Waals surface area contributed by atoms with Gasteiger partial charge in [-0.2, -0.15) is 0 Å². The molecule has 0 saturated carbocycles. The van der Waals surface area contributed by atoms with Crippen molar-refractivity contribution in [2.24, 2.45) is 0 Å². The summed E-state index contributed by atoms with van der Waals surface area (Å²) in [5.74, 6) is 0.148. The van der Waals surface area contributed by atoms with E-state index in [4.69, 9.17) is 0 Å². The average molecular weight is 511 g/mol. The van der Waals surface area contributed by atoms with Gasteiger partial charge in [0.2, 0.25) is 0 Å². The molecular weight excluding hydrogens is 468 g/mol. The van der Waals surface area contributed by atoms with Crippen LogP contribution in [0.3, 0.4) is 0 Å². The maximum atomic E-state index is 13.4. The third kappa shape index (κ3) is 5.72. The lowest BCUT2D eigenvalue weighted by Gasteiger charge is -2.44. The highest BCUT2D eigenvalue weighted by Gasteiger charge is 2.39. The SMILES string of the molecule is Cc1ccc(C2(CCCN3CCC(O)(c4ccccc4)CC3)CCCN(C(=O)c3ccccc3)C2)cc1C. The molecule has 0 aliphatic carbocycles. The van der Waals surface area contributed by atoms with Crippen molar-refractivity contribution in [3.8, 4) is 0 Å². The molecule has 1 N–H and O–H groups in total. The van der Waals surface area contributed by atoms with Crippen LogP contribution in [0.25, 0.3) is 0 Å². The Labute approximate surface area is 228 Å². The predicted octanol–water partition coefficient (Wildman–Crippen LogP) is 6.24. The van der Waals surface area contributed by atoms with Gasteiger partial charge in [-0.05, 0) is 93.3 Å². The first-order valence-corrected chi connectivity index (χ1v) is 14.3. The maximum Gasteiger partial charge on any atom is 0.253 e. The molecule has 2 saturated heterocycles. The molecule has 0 bridgehead atoms. The fourth-order valence-electron chi connectivity index (χ4n) is 6.55. The van der Waals surface area contributed by atoms with Crippen molar-refractivity contribution in [2.45, 2.75) is 63.4 Å². The normalized spacial score (nSPS) is 21.8. The monoisotopic (exact) mass is 510 g/mol. The molecule has 3 aromatic carbocycles. The summed E-state index contributed by atoms with van der Waals surface area (Å²) in [5.41, 5.74) is 5.10. The molecule has 5 rings (SSSR count). The van der Waals surface area contributed by atoms with E-state index in [0.29, 0.717) is 0 Å². The van der Waals surface area contributed by atoms with Crippen molar-refractivity contribution in [1.29, 1.82) is 0 Å². The molecule has 1 unspecified atom stereocenters. The standard InChI is InChI=1S/C34H42N2O2/c1-27-15-16-31(25-28(27)2)33(18-10-22-36(26-33)32(37)29-11-5-3-6-12-29)17-9-21-35-23-19-34(38,20-24-35)30-13-7-4-8-14-30/h3-8,11-16,25,38H,9-10,17-24,26H2,1-2H3. The van der Waals surface area contributed by atoms with Crippen LogP contribution in [0, 0.1) is 13.8 Å². The van der Waals surface area contributed by atoms with E-state index < -0.39 is 5.60 Å². The second kappa shape index (κ2) is 11.4. The second-order valence-electron chi connectivity index (χ2n) is 11.6. The second-order valence-corrected chi connectivity index (χ2v) is 11.6. The van der Waals surface area contributed by atoms with Crippen molar-refractivity contribution in [3.05, 3.63) is 107 Å². The van der Waals surface area contributed by atoms with E-state index in [9.17, 15) is 9.90 Å². The molecule has 0 radical (unpaired) electrons. The third-order valence-corrected chi connectivity index (χ3v) is 9.13. The molecule has 0 spiro atoms. The van der Waals surface area contributed by atoms with Crippen LogP contribution >= 0.6 is 0 Å². The van der Waals surface area contributed by atoms with Crippen molar-refractivity contribution in [2.75, 3.05) is 32.7 Å². The van der Waals surface area contributed by atoms with Gasteiger partial charge in [-0.15, -0.1) is 0 Å². The summed E-state index contributed by atoms with van der Waals surface area (Å²) in [6.07, 6.45) is 5.84. The van der Waals surface area contributed by atoms with Gasteiger partial charge in [0.25, 0.3) is 5.91 Å². The Bertz CT molecular complexity index is 1220. The van der Waals surface area contributed by atoms with Crippen LogP contribution in [0.1, 0.15) is 71.1 Å². The lowest BCUT2D eigenvalue weighted by molar-refractivity contribution is -0.0265. The zero-order valence-electron chi connectivity index (χ0n) is 23.0. The number of rotatable bonds is 7. The van der Waals surface area contributed by atoms with Gasteiger partial charge in [-0.25, -0.2) is 0 Å². The number of carbonyl (C=O) groups is 1. The smallest absolute Gasteiger partial charge is 0.253 e. The fraction of sp³-hybridized carbons (Fsp3) is 0.441. The average Bonchev–Trinajstić information content (AvgIpc) is 2.96. The maximum absolute atomic E-state index is 13.4. The lowest BCUT2D eigenvalue weighted by Crippen LogP contribution is -2.49. The molecule has 0 aromatic heterocycles. The number of amides is 1. The van der Waals surface area contributed by atoms with Gasteiger partial charge in [0.05, 0.1) is 5.60 Å². The van der Waals surface area contributed by atoms with Gasteiger partial charge in [0.1, 0.15) is 0 Å². The topological polar surface area (TPSA) is 43.8 Å². The first kappa shape index (κ1) is 26.6. The highest BCUT2D eigenvalue weighted by molar-refractivity contribution is 5.94. The van der Waals surface area contributed by atoms with Gasteiger partial charge in [-0.3, -0.25) is 4.79 Å². The summed E-state index contributed by atoms with van der Waals surface area (Å²) in [5, 5.41) is 11.2. The number of hydrogen-bond acceptors (Lipinski definition) is 3. The van der Waals surface area contributed by atoms with Crippen LogP contribution in [-0.4, -0.2) is 53.5 Å². The van der Waals surface area contributed by atoms with Crippen molar-refractivity contribution >= 4 is 5.91 Å². The molecule has 4 nitrogen and oxygen atoms in total. The summed E-state index contributed by atoms with van der Waals surface area (Å²) >= 11 is 0. The number of aryl methyl sites for hydroxylation is 2. The van der Waals surface area contributed by atoms with Gasteiger partial charge < -0.3 is 14.9 Å². The minimum Gasteiger partial charge on any atom is -0.385 e. The van der Waals surface area contributed by atoms with E-state index in [-0.39, 0.29) is 11.3 Å². The summed E-state index contributed by atoms with van der Waals surface area (Å²) in [4.78, 5) is 18.0. The van der Waals surface area contributed by atoms with Crippen LogP contribution in [0.2, 0.25) is 0 Å². The van der Waals surface area contributed by atoms with Crippen molar-refractivity contribution < 1.29 is 9.90 Å². The number of hydrogen-bond donors (Lipinski definition) is 1. The Morgan fingerprint density at radius 1 is 0.816 bits per heavy atom. The first-order valence-electron chi connectivity index (χ1n) is 14.3. The molecule has 2 heterocycles. The summed E-state index contributed by atoms with van der Waals surface area (Å²) in [6.45, 7) is 8.83. The molecule has 4 heteroatoms. The van der Waals surface area contributed by atoms with E-state index in [1.54, 1.807) is 0 Å². The molecule has 38 heavy (non-hydrogen) atoms. The molecule has 2 aliphatic heterocycles. The zero-order chi connectivity index (χ0) is 26.6. The highest BCUT2D eigenvalue weighted by Crippen LogP contribution is 2.40. The van der Waals surface area contributed by atoms with E-state index in [2.05, 4.69) is 54.0 Å². The van der Waals surface area contributed by atoms with Crippen LogP contribution < -0.4 is 0 Å². The van der Waals surface area contributed by atoms with Gasteiger partial charge in [0.15, 0.2) is 0 Å². The van der Waals surface area contributed by atoms with E-state index >= 15 is 0 Å². The number of piperidine rings is 2. The summed E-state index contributed by atoms with van der Waals surface area (Å²) < 4.78 is 0. The van der Waals surface area contributed by atoms with Crippen LogP contribution in [0.4, 0.5) is 0 Å². The van der Waals surface area contributed by atoms with Crippen molar-refractivity contribution in [3.63, 3.8) is 0 Å². The quantitative estimate of drug-likeness (QED) is 0.409. The van der Waals surface area contributed by atoms with E-state index in [0.717, 1.165) is 82.4 Å². The minimum atomic E-state index is -0.708. The number of benzene rings is 3. The van der Waals surface area contributed by atoms with E-state index in [1.165, 1.54) is 16.7 Å². The van der Waals surface area contributed by atoms with Crippen molar-refractivity contribution in [1.82, 2.24) is 9.80 Å². The highest BCUT2D eigenvalue weighted by atomic mass is 16.3.